The quantitative estimate of drug-likeness (QED) is 0.802. The minimum atomic E-state index is -0.717. The standard InChI is InChI=1S/C21H26N2O3/c1-6-26-19-10-8-7-9-18(19)23-21(25)20(24)22-16(5)17-12-14(3)13(2)11-15(17)4/h7-12,16H,6H2,1-5H3,(H,22,24)(H,23,25)/t16-/m0/s1. The van der Waals surface area contributed by atoms with Crippen molar-refractivity contribution in [2.45, 2.75) is 40.7 Å². The fraction of sp³-hybridized carbons (Fsp3) is 0.333. The van der Waals surface area contributed by atoms with E-state index in [1.165, 1.54) is 5.56 Å². The molecular formula is C21H26N2O3. The predicted molar refractivity (Wildman–Crippen MR) is 103 cm³/mol. The van der Waals surface area contributed by atoms with Crippen molar-refractivity contribution in [3.63, 3.8) is 0 Å². The van der Waals surface area contributed by atoms with Crippen LogP contribution in [0.3, 0.4) is 0 Å². The lowest BCUT2D eigenvalue weighted by Gasteiger charge is -2.18. The van der Waals surface area contributed by atoms with Gasteiger partial charge < -0.3 is 15.4 Å². The summed E-state index contributed by atoms with van der Waals surface area (Å²) in [6.45, 7) is 10.3. The average Bonchev–Trinajstić information content (AvgIpc) is 2.59. The Kier molecular flexibility index (Phi) is 6.39. The molecule has 1 atom stereocenters. The molecule has 0 spiro atoms. The molecule has 2 aromatic rings. The van der Waals surface area contributed by atoms with Crippen molar-refractivity contribution in [3.05, 3.63) is 58.7 Å². The second kappa shape index (κ2) is 8.52. The first kappa shape index (κ1) is 19.5. The van der Waals surface area contributed by atoms with E-state index in [2.05, 4.69) is 29.7 Å². The van der Waals surface area contributed by atoms with E-state index in [0.29, 0.717) is 18.0 Å². The van der Waals surface area contributed by atoms with E-state index in [9.17, 15) is 9.59 Å². The number of aryl methyl sites for hydroxylation is 3. The number of carbonyl (C=O) groups is 2. The number of carbonyl (C=O) groups excluding carboxylic acids is 2. The van der Waals surface area contributed by atoms with Crippen molar-refractivity contribution < 1.29 is 14.3 Å². The van der Waals surface area contributed by atoms with E-state index in [1.807, 2.05) is 33.8 Å². The third-order valence-corrected chi connectivity index (χ3v) is 4.34. The van der Waals surface area contributed by atoms with Gasteiger partial charge in [0.05, 0.1) is 18.3 Å². The third kappa shape index (κ3) is 4.63. The van der Waals surface area contributed by atoms with E-state index in [0.717, 1.165) is 16.7 Å². The Morgan fingerprint density at radius 1 is 1.00 bits per heavy atom. The van der Waals surface area contributed by atoms with Crippen molar-refractivity contribution in [3.8, 4) is 5.75 Å². The summed E-state index contributed by atoms with van der Waals surface area (Å²) in [4.78, 5) is 24.6. The molecule has 26 heavy (non-hydrogen) atoms. The maximum absolute atomic E-state index is 12.3. The maximum atomic E-state index is 12.3. The Balaban J connectivity index is 2.08. The number of para-hydroxylation sites is 2. The average molecular weight is 354 g/mol. The van der Waals surface area contributed by atoms with Gasteiger partial charge in [0.2, 0.25) is 0 Å². The first-order chi connectivity index (χ1) is 12.3. The predicted octanol–water partition coefficient (Wildman–Crippen LogP) is 3.83. The fourth-order valence-electron chi connectivity index (χ4n) is 2.82. The number of anilines is 1. The van der Waals surface area contributed by atoms with Crippen molar-refractivity contribution in [2.24, 2.45) is 0 Å². The van der Waals surface area contributed by atoms with E-state index < -0.39 is 11.8 Å². The van der Waals surface area contributed by atoms with E-state index in [1.54, 1.807) is 18.2 Å². The van der Waals surface area contributed by atoms with Crippen LogP contribution < -0.4 is 15.4 Å². The number of nitrogens with one attached hydrogen (secondary N) is 2. The number of hydrogen-bond donors (Lipinski definition) is 2. The number of hydrogen-bond acceptors (Lipinski definition) is 3. The molecule has 0 bridgehead atoms. The van der Waals surface area contributed by atoms with E-state index in [-0.39, 0.29) is 6.04 Å². The molecule has 0 fully saturated rings. The molecule has 0 aliphatic heterocycles. The van der Waals surface area contributed by atoms with Crippen molar-refractivity contribution in [1.29, 1.82) is 0 Å². The second-order valence-corrected chi connectivity index (χ2v) is 6.37. The Morgan fingerprint density at radius 2 is 1.65 bits per heavy atom. The summed E-state index contributed by atoms with van der Waals surface area (Å²) in [5.41, 5.74) is 4.92. The molecule has 0 heterocycles. The van der Waals surface area contributed by atoms with Crippen LogP contribution in [0.1, 0.15) is 42.1 Å². The highest BCUT2D eigenvalue weighted by atomic mass is 16.5. The summed E-state index contributed by atoms with van der Waals surface area (Å²) in [6.07, 6.45) is 0. The Bertz CT molecular complexity index is 815. The highest BCUT2D eigenvalue weighted by molar-refractivity contribution is 6.39. The number of amides is 2. The van der Waals surface area contributed by atoms with Crippen LogP contribution >= 0.6 is 0 Å². The molecule has 2 rings (SSSR count). The van der Waals surface area contributed by atoms with Gasteiger partial charge in [-0.1, -0.05) is 24.3 Å². The monoisotopic (exact) mass is 354 g/mol. The van der Waals surface area contributed by atoms with Gasteiger partial charge in [-0.25, -0.2) is 0 Å². The minimum absolute atomic E-state index is 0.269. The van der Waals surface area contributed by atoms with Crippen molar-refractivity contribution in [1.82, 2.24) is 5.32 Å². The maximum Gasteiger partial charge on any atom is 0.313 e. The number of benzene rings is 2. The lowest BCUT2D eigenvalue weighted by atomic mass is 9.96. The van der Waals surface area contributed by atoms with Gasteiger partial charge in [0.1, 0.15) is 5.75 Å². The van der Waals surface area contributed by atoms with Crippen molar-refractivity contribution in [2.75, 3.05) is 11.9 Å². The highest BCUT2D eigenvalue weighted by Crippen LogP contribution is 2.24. The van der Waals surface area contributed by atoms with Crippen LogP contribution in [0.15, 0.2) is 36.4 Å². The smallest absolute Gasteiger partial charge is 0.313 e. The largest absolute Gasteiger partial charge is 0.492 e. The minimum Gasteiger partial charge on any atom is -0.492 e. The topological polar surface area (TPSA) is 67.4 Å². The lowest BCUT2D eigenvalue weighted by molar-refractivity contribution is -0.136. The molecule has 2 amide bonds. The van der Waals surface area contributed by atoms with Gasteiger partial charge in [0.15, 0.2) is 0 Å². The molecule has 0 unspecified atom stereocenters. The van der Waals surface area contributed by atoms with Gasteiger partial charge in [-0.3, -0.25) is 9.59 Å². The van der Waals surface area contributed by atoms with Crippen LogP contribution in [0.4, 0.5) is 5.69 Å². The van der Waals surface area contributed by atoms with Gasteiger partial charge in [0, 0.05) is 0 Å². The molecule has 0 aliphatic carbocycles. The van der Waals surface area contributed by atoms with Crippen LogP contribution in [-0.2, 0) is 9.59 Å². The molecule has 0 aliphatic rings. The first-order valence-corrected chi connectivity index (χ1v) is 8.74. The molecule has 0 aromatic heterocycles. The van der Waals surface area contributed by atoms with Crippen molar-refractivity contribution >= 4 is 17.5 Å². The molecule has 0 radical (unpaired) electrons. The molecule has 0 saturated carbocycles. The number of rotatable bonds is 5. The molecule has 5 nitrogen and oxygen atoms in total. The summed E-state index contributed by atoms with van der Waals surface area (Å²) < 4.78 is 5.46. The molecule has 5 heteroatoms. The second-order valence-electron chi connectivity index (χ2n) is 6.37. The van der Waals surface area contributed by atoms with Crippen LogP contribution in [0.5, 0.6) is 5.75 Å². The summed E-state index contributed by atoms with van der Waals surface area (Å²) >= 11 is 0. The van der Waals surface area contributed by atoms with Gasteiger partial charge in [-0.15, -0.1) is 0 Å². The first-order valence-electron chi connectivity index (χ1n) is 8.74. The van der Waals surface area contributed by atoms with Gasteiger partial charge >= 0.3 is 11.8 Å². The summed E-state index contributed by atoms with van der Waals surface area (Å²) in [7, 11) is 0. The van der Waals surface area contributed by atoms with Gasteiger partial charge in [-0.05, 0) is 69.0 Å². The summed E-state index contributed by atoms with van der Waals surface area (Å²) in [6, 6.07) is 10.9. The highest BCUT2D eigenvalue weighted by Gasteiger charge is 2.19. The fourth-order valence-corrected chi connectivity index (χ4v) is 2.82. The lowest BCUT2D eigenvalue weighted by Crippen LogP contribution is -2.37. The molecule has 2 aromatic carbocycles. The Morgan fingerprint density at radius 3 is 2.35 bits per heavy atom. The Hall–Kier alpha value is -2.82. The van der Waals surface area contributed by atoms with Crippen LogP contribution in [0.25, 0.3) is 0 Å². The number of ether oxygens (including phenoxy) is 1. The van der Waals surface area contributed by atoms with E-state index in [4.69, 9.17) is 4.74 Å². The zero-order valence-electron chi connectivity index (χ0n) is 16.0. The zero-order chi connectivity index (χ0) is 19.3. The molecule has 138 valence electrons. The normalized spacial score (nSPS) is 11.6. The van der Waals surface area contributed by atoms with E-state index >= 15 is 0 Å². The third-order valence-electron chi connectivity index (χ3n) is 4.34. The summed E-state index contributed by atoms with van der Waals surface area (Å²) in [5.74, 6) is -0.860. The zero-order valence-corrected chi connectivity index (χ0v) is 16.0. The van der Waals surface area contributed by atoms with Crippen LogP contribution in [0.2, 0.25) is 0 Å². The molecule has 0 saturated heterocycles. The van der Waals surface area contributed by atoms with Crippen LogP contribution in [0, 0.1) is 20.8 Å². The van der Waals surface area contributed by atoms with Gasteiger partial charge in [0.25, 0.3) is 0 Å². The Labute approximate surface area is 154 Å². The SMILES string of the molecule is CCOc1ccccc1NC(=O)C(=O)N[C@@H](C)c1cc(C)c(C)cc1C. The van der Waals surface area contributed by atoms with Gasteiger partial charge in [-0.2, -0.15) is 0 Å². The van der Waals surface area contributed by atoms with Crippen LogP contribution in [-0.4, -0.2) is 18.4 Å². The summed E-state index contributed by atoms with van der Waals surface area (Å²) in [5, 5.41) is 5.37. The molecular weight excluding hydrogens is 328 g/mol. The molecule has 2 N–H and O–H groups in total.